The lowest BCUT2D eigenvalue weighted by molar-refractivity contribution is -0.128. The number of hydrogen-bond donors (Lipinski definition) is 3. The van der Waals surface area contributed by atoms with Crippen LogP contribution in [0.1, 0.15) is 49.4 Å². The van der Waals surface area contributed by atoms with Gasteiger partial charge in [0.2, 0.25) is 5.91 Å². The highest BCUT2D eigenvalue weighted by molar-refractivity contribution is 6.35. The minimum Gasteiger partial charge on any atom is -0.398 e. The fourth-order valence-electron chi connectivity index (χ4n) is 3.29. The van der Waals surface area contributed by atoms with Crippen LogP contribution in [0.25, 0.3) is 17.1 Å². The van der Waals surface area contributed by atoms with Crippen molar-refractivity contribution in [2.45, 2.75) is 32.7 Å². The smallest absolute Gasteiger partial charge is 0.252 e. The van der Waals surface area contributed by atoms with Crippen LogP contribution in [-0.4, -0.2) is 26.6 Å². The highest BCUT2D eigenvalue weighted by Crippen LogP contribution is 2.28. The predicted molar refractivity (Wildman–Crippen MR) is 135 cm³/mol. The van der Waals surface area contributed by atoms with Crippen LogP contribution in [-0.2, 0) is 9.59 Å². The van der Waals surface area contributed by atoms with Gasteiger partial charge in [-0.05, 0) is 50.6 Å². The van der Waals surface area contributed by atoms with Crippen molar-refractivity contribution in [3.8, 4) is 17.5 Å². The summed E-state index contributed by atoms with van der Waals surface area (Å²) < 4.78 is 1.56. The molecule has 1 aromatic carbocycles. The van der Waals surface area contributed by atoms with E-state index in [0.29, 0.717) is 27.5 Å². The van der Waals surface area contributed by atoms with Crippen LogP contribution < -0.4 is 16.8 Å². The number of nitrogen functional groups attached to an aromatic ring is 1. The number of nitrogens with zero attached hydrogens (tertiary/aromatic N) is 4. The molecule has 2 amide bonds. The van der Waals surface area contributed by atoms with Crippen LogP contribution in [0.4, 0.5) is 5.82 Å². The molecule has 1 atom stereocenters. The van der Waals surface area contributed by atoms with Crippen molar-refractivity contribution in [1.29, 1.82) is 5.26 Å². The molecule has 180 valence electrons. The third kappa shape index (κ3) is 5.62. The summed E-state index contributed by atoms with van der Waals surface area (Å²) in [6.07, 6.45) is 2.58. The third-order valence-electron chi connectivity index (χ3n) is 5.25. The van der Waals surface area contributed by atoms with E-state index in [0.717, 1.165) is 6.08 Å². The average Bonchev–Trinajstić information content (AvgIpc) is 3.14. The summed E-state index contributed by atoms with van der Waals surface area (Å²) >= 11 is 12.0. The van der Waals surface area contributed by atoms with E-state index in [1.54, 1.807) is 35.9 Å². The maximum absolute atomic E-state index is 12.6. The predicted octanol–water partition coefficient (Wildman–Crippen LogP) is 4.03. The minimum absolute atomic E-state index is 0.0322. The van der Waals surface area contributed by atoms with Gasteiger partial charge in [-0.15, -0.1) is 0 Å². The Labute approximate surface area is 212 Å². The first-order chi connectivity index (χ1) is 16.5. The third-order valence-corrected chi connectivity index (χ3v) is 5.79. The number of carbonyl (C=O) groups is 2. The number of anilines is 1. The second-order valence-electron chi connectivity index (χ2n) is 8.03. The molecule has 9 nitrogen and oxygen atoms in total. The van der Waals surface area contributed by atoms with E-state index in [2.05, 4.69) is 21.5 Å². The molecule has 0 aliphatic carbocycles. The van der Waals surface area contributed by atoms with E-state index in [-0.39, 0.29) is 28.1 Å². The zero-order chi connectivity index (χ0) is 25.9. The van der Waals surface area contributed by atoms with E-state index in [1.165, 1.54) is 12.3 Å². The van der Waals surface area contributed by atoms with Gasteiger partial charge in [-0.25, -0.2) is 4.68 Å². The van der Waals surface area contributed by atoms with Gasteiger partial charge >= 0.3 is 0 Å². The fourth-order valence-corrected chi connectivity index (χ4v) is 3.81. The number of aromatic nitrogens is 3. The largest absolute Gasteiger partial charge is 0.398 e. The van der Waals surface area contributed by atoms with Crippen molar-refractivity contribution in [2.24, 2.45) is 5.73 Å². The number of nitrogens with one attached hydrogen (secondary N) is 1. The van der Waals surface area contributed by atoms with Crippen molar-refractivity contribution in [3.05, 3.63) is 69.3 Å². The van der Waals surface area contributed by atoms with Gasteiger partial charge < -0.3 is 11.5 Å². The second-order valence-corrected chi connectivity index (χ2v) is 8.88. The summed E-state index contributed by atoms with van der Waals surface area (Å²) in [4.78, 5) is 29.3. The van der Waals surface area contributed by atoms with Gasteiger partial charge in [-0.2, -0.15) is 10.4 Å². The Morgan fingerprint density at radius 3 is 2.49 bits per heavy atom. The van der Waals surface area contributed by atoms with E-state index in [1.807, 2.05) is 13.8 Å². The zero-order valence-corrected chi connectivity index (χ0v) is 20.7. The normalized spacial score (nSPS) is 12.3. The van der Waals surface area contributed by atoms with Gasteiger partial charge in [0.05, 0.1) is 16.6 Å². The van der Waals surface area contributed by atoms with Gasteiger partial charge in [0.1, 0.15) is 23.1 Å². The van der Waals surface area contributed by atoms with Crippen molar-refractivity contribution < 1.29 is 9.59 Å². The fraction of sp³-hybridized carbons (Fsp3) is 0.208. The first-order valence-corrected chi connectivity index (χ1v) is 11.3. The molecule has 5 N–H and O–H groups in total. The van der Waals surface area contributed by atoms with Crippen molar-refractivity contribution >= 4 is 46.5 Å². The molecule has 0 saturated heterocycles. The number of benzene rings is 1. The number of nitrogens with two attached hydrogens (primary N) is 2. The number of amides is 2. The Morgan fingerprint density at radius 1 is 1.20 bits per heavy atom. The average molecular weight is 512 g/mol. The van der Waals surface area contributed by atoms with Gasteiger partial charge in [-0.1, -0.05) is 29.3 Å². The lowest BCUT2D eigenvalue weighted by Crippen LogP contribution is -2.33. The van der Waals surface area contributed by atoms with Crippen LogP contribution in [0, 0.1) is 11.3 Å². The van der Waals surface area contributed by atoms with Gasteiger partial charge in [0.25, 0.3) is 5.91 Å². The molecule has 0 saturated carbocycles. The molecule has 0 aliphatic rings. The summed E-state index contributed by atoms with van der Waals surface area (Å²) in [6.45, 7) is 5.44. The number of imide groups is 1. The Bertz CT molecular complexity index is 1360. The molecule has 0 bridgehead atoms. The lowest BCUT2D eigenvalue weighted by Gasteiger charge is -2.11. The number of hydrogen-bond acceptors (Lipinski definition) is 7. The van der Waals surface area contributed by atoms with Gasteiger partial charge in [0.15, 0.2) is 0 Å². The molecule has 0 aliphatic heterocycles. The summed E-state index contributed by atoms with van der Waals surface area (Å²) in [5.74, 6) is -1.66. The highest BCUT2D eigenvalue weighted by Gasteiger charge is 2.21. The van der Waals surface area contributed by atoms with E-state index in [4.69, 9.17) is 34.7 Å². The van der Waals surface area contributed by atoms with Crippen LogP contribution in [0.2, 0.25) is 10.0 Å². The molecular weight excluding hydrogens is 489 g/mol. The van der Waals surface area contributed by atoms with Crippen molar-refractivity contribution in [2.75, 3.05) is 5.73 Å². The van der Waals surface area contributed by atoms with Crippen molar-refractivity contribution in [3.63, 3.8) is 0 Å². The maximum atomic E-state index is 12.6. The lowest BCUT2D eigenvalue weighted by atomic mass is 10.0. The topological polar surface area (TPSA) is 153 Å². The van der Waals surface area contributed by atoms with E-state index >= 15 is 0 Å². The standard InChI is InChI=1S/C24H23Cl2N7O2/c1-12(2)33-23(29)17(10-27)22(32-33)20-7-4-14(11-30-20)13(3)24(35)31-21(34)9-19(28)16-6-5-15(25)8-18(16)26/h4-9,11-13H,28-29H2,1-3H3,(H,31,34,35). The van der Waals surface area contributed by atoms with Crippen LogP contribution in [0.5, 0.6) is 0 Å². The summed E-state index contributed by atoms with van der Waals surface area (Å²) in [6, 6.07) is 10.0. The minimum atomic E-state index is -0.692. The molecule has 3 rings (SSSR count). The number of rotatable bonds is 6. The quantitative estimate of drug-likeness (QED) is 0.422. The first-order valence-electron chi connectivity index (χ1n) is 10.5. The van der Waals surface area contributed by atoms with Gasteiger partial charge in [-0.3, -0.25) is 19.9 Å². The van der Waals surface area contributed by atoms with E-state index in [9.17, 15) is 14.9 Å². The van der Waals surface area contributed by atoms with Crippen molar-refractivity contribution in [1.82, 2.24) is 20.1 Å². The summed E-state index contributed by atoms with van der Waals surface area (Å²) in [7, 11) is 0. The molecule has 0 spiro atoms. The molecule has 2 aromatic heterocycles. The summed E-state index contributed by atoms with van der Waals surface area (Å²) in [5.41, 5.74) is 14.1. The molecule has 0 fully saturated rings. The molecule has 11 heteroatoms. The first kappa shape index (κ1) is 25.7. The second kappa shape index (κ2) is 10.6. The zero-order valence-electron chi connectivity index (χ0n) is 19.2. The highest BCUT2D eigenvalue weighted by atomic mass is 35.5. The van der Waals surface area contributed by atoms with Gasteiger partial charge in [0, 0.05) is 34.6 Å². The number of nitriles is 1. The van der Waals surface area contributed by atoms with E-state index < -0.39 is 17.7 Å². The van der Waals surface area contributed by atoms with Crippen LogP contribution >= 0.6 is 23.2 Å². The molecule has 0 radical (unpaired) electrons. The Morgan fingerprint density at radius 2 is 1.91 bits per heavy atom. The molecule has 1 unspecified atom stereocenters. The Kier molecular flexibility index (Phi) is 7.79. The molecule has 35 heavy (non-hydrogen) atoms. The molecule has 2 heterocycles. The summed E-state index contributed by atoms with van der Waals surface area (Å²) in [5, 5.41) is 16.9. The number of carbonyl (C=O) groups excluding carboxylic acids is 2. The number of pyridine rings is 1. The number of halogens is 2. The SMILES string of the molecule is CC(C(=O)NC(=O)C=C(N)c1ccc(Cl)cc1Cl)c1ccc(-c2nn(C(C)C)c(N)c2C#N)nc1. The molecular formula is C24H23Cl2N7O2. The Hall–Kier alpha value is -3.87. The maximum Gasteiger partial charge on any atom is 0.252 e. The monoisotopic (exact) mass is 511 g/mol. The van der Waals surface area contributed by atoms with Crippen LogP contribution in [0.15, 0.2) is 42.6 Å². The van der Waals surface area contributed by atoms with Crippen LogP contribution in [0.3, 0.4) is 0 Å². The Balaban J connectivity index is 1.74. The molecule has 3 aromatic rings.